The average Bonchev–Trinajstić information content (AvgIpc) is 3.35. The first kappa shape index (κ1) is 21.4. The SMILES string of the molecule is CCCCCC(CCC)Oc1ccccc1-c1ccc2c(n1)c1ncccc1c1nc[nH]c21. The molecular weight excluding hydrogens is 408 g/mol. The standard InChI is InChI=1S/C28H30N4O/c1-3-5-6-11-19(10-4-2)33-24-14-8-7-12-20(24)23-16-15-22-26-25(30-18-31-26)21-13-9-17-29-27(21)28(22)32-23/h7-9,12-19H,3-6,10-11H2,1-2H3,(H,30,31). The van der Waals surface area contributed by atoms with Crippen molar-refractivity contribution >= 4 is 32.8 Å². The third-order valence-corrected chi connectivity index (χ3v) is 6.29. The summed E-state index contributed by atoms with van der Waals surface area (Å²) in [5.74, 6) is 0.902. The number of aromatic amines is 1. The predicted molar refractivity (Wildman–Crippen MR) is 136 cm³/mol. The van der Waals surface area contributed by atoms with Gasteiger partial charge in [0.1, 0.15) is 5.75 Å². The molecule has 5 rings (SSSR count). The van der Waals surface area contributed by atoms with Crippen molar-refractivity contribution in [3.63, 3.8) is 0 Å². The number of unbranched alkanes of at least 4 members (excludes halogenated alkanes) is 2. The number of hydrogen-bond donors (Lipinski definition) is 1. The molecule has 1 N–H and O–H groups in total. The van der Waals surface area contributed by atoms with Crippen molar-refractivity contribution in [3.8, 4) is 17.0 Å². The summed E-state index contributed by atoms with van der Waals surface area (Å²) in [5.41, 5.74) is 5.59. The fourth-order valence-electron chi connectivity index (χ4n) is 4.65. The number of ether oxygens (including phenoxy) is 1. The summed E-state index contributed by atoms with van der Waals surface area (Å²) in [7, 11) is 0. The van der Waals surface area contributed by atoms with Gasteiger partial charge in [-0.15, -0.1) is 0 Å². The Balaban J connectivity index is 1.59. The monoisotopic (exact) mass is 438 g/mol. The van der Waals surface area contributed by atoms with Gasteiger partial charge in [0.2, 0.25) is 0 Å². The van der Waals surface area contributed by atoms with Crippen molar-refractivity contribution in [1.82, 2.24) is 19.9 Å². The molecule has 0 radical (unpaired) electrons. The molecule has 0 saturated carbocycles. The molecule has 3 aromatic heterocycles. The lowest BCUT2D eigenvalue weighted by Crippen LogP contribution is -2.16. The Hall–Kier alpha value is -3.47. The van der Waals surface area contributed by atoms with Crippen LogP contribution in [-0.2, 0) is 0 Å². The van der Waals surface area contributed by atoms with Crippen molar-refractivity contribution in [3.05, 3.63) is 61.1 Å². The van der Waals surface area contributed by atoms with Gasteiger partial charge < -0.3 is 9.72 Å². The predicted octanol–water partition coefficient (Wildman–Crippen LogP) is 7.45. The van der Waals surface area contributed by atoms with E-state index in [0.29, 0.717) is 0 Å². The maximum atomic E-state index is 6.57. The molecule has 1 unspecified atom stereocenters. The van der Waals surface area contributed by atoms with Crippen LogP contribution in [0.4, 0.5) is 0 Å². The summed E-state index contributed by atoms with van der Waals surface area (Å²) in [6.45, 7) is 4.47. The molecule has 5 heteroatoms. The first-order valence-electron chi connectivity index (χ1n) is 12.1. The van der Waals surface area contributed by atoms with Gasteiger partial charge in [-0.1, -0.05) is 45.2 Å². The molecule has 5 aromatic rings. The van der Waals surface area contributed by atoms with Crippen molar-refractivity contribution in [2.45, 2.75) is 58.5 Å². The van der Waals surface area contributed by atoms with Crippen molar-refractivity contribution < 1.29 is 4.74 Å². The van der Waals surface area contributed by atoms with E-state index < -0.39 is 0 Å². The summed E-state index contributed by atoms with van der Waals surface area (Å²) in [4.78, 5) is 17.6. The van der Waals surface area contributed by atoms with E-state index in [9.17, 15) is 0 Å². The van der Waals surface area contributed by atoms with Gasteiger partial charge in [-0.2, -0.15) is 0 Å². The van der Waals surface area contributed by atoms with Crippen LogP contribution in [0.15, 0.2) is 61.1 Å². The van der Waals surface area contributed by atoms with Crippen LogP contribution in [0, 0.1) is 0 Å². The topological polar surface area (TPSA) is 63.7 Å². The lowest BCUT2D eigenvalue weighted by Gasteiger charge is -2.21. The highest BCUT2D eigenvalue weighted by molar-refractivity contribution is 6.20. The molecule has 5 nitrogen and oxygen atoms in total. The minimum atomic E-state index is 0.232. The van der Waals surface area contributed by atoms with Crippen LogP contribution in [0.5, 0.6) is 5.75 Å². The first-order valence-corrected chi connectivity index (χ1v) is 12.1. The number of rotatable bonds is 9. The zero-order chi connectivity index (χ0) is 22.6. The van der Waals surface area contributed by atoms with Crippen molar-refractivity contribution in [2.24, 2.45) is 0 Å². The van der Waals surface area contributed by atoms with Gasteiger partial charge >= 0.3 is 0 Å². The maximum absolute atomic E-state index is 6.57. The molecule has 0 amide bonds. The second-order valence-electron chi connectivity index (χ2n) is 8.64. The molecule has 0 aliphatic heterocycles. The van der Waals surface area contributed by atoms with Gasteiger partial charge in [-0.05, 0) is 55.7 Å². The summed E-state index contributed by atoms with van der Waals surface area (Å²) < 4.78 is 6.57. The van der Waals surface area contributed by atoms with E-state index in [1.165, 1.54) is 19.3 Å². The molecule has 0 fully saturated rings. The second-order valence-corrected chi connectivity index (χ2v) is 8.64. The third kappa shape index (κ3) is 4.15. The first-order chi connectivity index (χ1) is 16.3. The highest BCUT2D eigenvalue weighted by Crippen LogP contribution is 2.35. The smallest absolute Gasteiger partial charge is 0.129 e. The molecule has 168 valence electrons. The van der Waals surface area contributed by atoms with E-state index in [1.54, 1.807) is 6.33 Å². The minimum absolute atomic E-state index is 0.232. The van der Waals surface area contributed by atoms with Crippen LogP contribution in [0.3, 0.4) is 0 Å². The largest absolute Gasteiger partial charge is 0.490 e. The molecule has 3 heterocycles. The highest BCUT2D eigenvalue weighted by atomic mass is 16.5. The number of H-pyrrole nitrogens is 1. The van der Waals surface area contributed by atoms with Gasteiger partial charge in [0.25, 0.3) is 0 Å². The van der Waals surface area contributed by atoms with E-state index in [1.807, 2.05) is 18.3 Å². The lowest BCUT2D eigenvalue weighted by molar-refractivity contribution is 0.177. The Labute approximate surface area is 194 Å². The number of benzene rings is 2. The normalized spacial score (nSPS) is 12.5. The number of aromatic nitrogens is 4. The Morgan fingerprint density at radius 2 is 1.73 bits per heavy atom. The zero-order valence-electron chi connectivity index (χ0n) is 19.3. The van der Waals surface area contributed by atoms with Gasteiger partial charge in [0.15, 0.2) is 0 Å². The van der Waals surface area contributed by atoms with E-state index in [4.69, 9.17) is 9.72 Å². The maximum Gasteiger partial charge on any atom is 0.129 e. The third-order valence-electron chi connectivity index (χ3n) is 6.29. The lowest BCUT2D eigenvalue weighted by atomic mass is 10.0. The van der Waals surface area contributed by atoms with Crippen LogP contribution < -0.4 is 4.74 Å². The van der Waals surface area contributed by atoms with Gasteiger partial charge in [0.05, 0.1) is 40.2 Å². The van der Waals surface area contributed by atoms with E-state index in [-0.39, 0.29) is 6.10 Å². The number of nitrogens with one attached hydrogen (secondary N) is 1. The summed E-state index contributed by atoms with van der Waals surface area (Å²) in [5, 5.41) is 2.04. The number of para-hydroxylation sites is 1. The summed E-state index contributed by atoms with van der Waals surface area (Å²) in [6.07, 6.45) is 10.7. The molecule has 0 aliphatic rings. The number of pyridine rings is 2. The van der Waals surface area contributed by atoms with Crippen molar-refractivity contribution in [2.75, 3.05) is 0 Å². The summed E-state index contributed by atoms with van der Waals surface area (Å²) in [6, 6.07) is 16.5. The van der Waals surface area contributed by atoms with E-state index in [2.05, 4.69) is 65.2 Å². The molecule has 0 spiro atoms. The van der Waals surface area contributed by atoms with Crippen molar-refractivity contribution in [1.29, 1.82) is 0 Å². The molecule has 0 saturated heterocycles. The summed E-state index contributed by atoms with van der Waals surface area (Å²) >= 11 is 0. The van der Waals surface area contributed by atoms with Crippen LogP contribution in [0.1, 0.15) is 52.4 Å². The fraction of sp³-hybridized carbons (Fsp3) is 0.321. The molecule has 0 aliphatic carbocycles. The van der Waals surface area contributed by atoms with E-state index >= 15 is 0 Å². The second kappa shape index (κ2) is 9.57. The Morgan fingerprint density at radius 1 is 0.818 bits per heavy atom. The van der Waals surface area contributed by atoms with E-state index in [0.717, 1.165) is 69.1 Å². The Bertz CT molecular complexity index is 1390. The highest BCUT2D eigenvalue weighted by Gasteiger charge is 2.17. The molecule has 0 bridgehead atoms. The number of hydrogen-bond acceptors (Lipinski definition) is 4. The van der Waals surface area contributed by atoms with Gasteiger partial charge in [0, 0.05) is 22.5 Å². The van der Waals surface area contributed by atoms with Gasteiger partial charge in [-0.25, -0.2) is 9.97 Å². The molecule has 2 aromatic carbocycles. The fourth-order valence-corrected chi connectivity index (χ4v) is 4.65. The number of imidazole rings is 1. The number of fused-ring (bicyclic) bond motifs is 6. The Kier molecular flexibility index (Phi) is 6.20. The molecule has 33 heavy (non-hydrogen) atoms. The van der Waals surface area contributed by atoms with Crippen LogP contribution in [-0.4, -0.2) is 26.0 Å². The van der Waals surface area contributed by atoms with Gasteiger partial charge in [-0.3, -0.25) is 4.98 Å². The average molecular weight is 439 g/mol. The molecular formula is C28H30N4O. The molecule has 1 atom stereocenters. The minimum Gasteiger partial charge on any atom is -0.490 e. The van der Waals surface area contributed by atoms with Crippen LogP contribution in [0.2, 0.25) is 0 Å². The zero-order valence-corrected chi connectivity index (χ0v) is 19.3. The van der Waals surface area contributed by atoms with Crippen LogP contribution >= 0.6 is 0 Å². The Morgan fingerprint density at radius 3 is 2.61 bits per heavy atom. The number of nitrogens with zero attached hydrogens (tertiary/aromatic N) is 3. The van der Waals surface area contributed by atoms with Crippen LogP contribution in [0.25, 0.3) is 44.1 Å². The quantitative estimate of drug-likeness (QED) is 0.192.